The van der Waals surface area contributed by atoms with E-state index < -0.39 is 23.8 Å². The normalized spacial score (nSPS) is 11.6. The van der Waals surface area contributed by atoms with Crippen LogP contribution in [0, 0.1) is 5.82 Å². The van der Waals surface area contributed by atoms with E-state index in [1.165, 1.54) is 36.6 Å². The maximum atomic E-state index is 14.2. The first-order valence-corrected chi connectivity index (χ1v) is 8.45. The van der Waals surface area contributed by atoms with Gasteiger partial charge in [-0.05, 0) is 30.2 Å². The van der Waals surface area contributed by atoms with E-state index in [-0.39, 0.29) is 11.3 Å². The van der Waals surface area contributed by atoms with Crippen LogP contribution in [0.15, 0.2) is 77.4 Å². The van der Waals surface area contributed by atoms with Crippen molar-refractivity contribution in [3.63, 3.8) is 0 Å². The number of ether oxygens (including phenoxy) is 1. The Hall–Kier alpha value is -3.41. The average molecular weight is 367 g/mol. The van der Waals surface area contributed by atoms with Gasteiger partial charge < -0.3 is 14.5 Å². The number of amides is 1. The largest absolute Gasteiger partial charge is 0.457 e. The summed E-state index contributed by atoms with van der Waals surface area (Å²) >= 11 is 0. The maximum Gasteiger partial charge on any atom is 0.375 e. The van der Waals surface area contributed by atoms with Crippen molar-refractivity contribution < 1.29 is 23.1 Å². The molecule has 0 aliphatic heterocycles. The lowest BCUT2D eigenvalue weighted by molar-refractivity contribution is -0.130. The van der Waals surface area contributed by atoms with Crippen LogP contribution in [0.5, 0.6) is 0 Å². The quantitative estimate of drug-likeness (QED) is 0.647. The molecule has 1 aromatic heterocycles. The second-order valence-corrected chi connectivity index (χ2v) is 5.81. The van der Waals surface area contributed by atoms with Crippen molar-refractivity contribution in [2.45, 2.75) is 12.5 Å². The minimum atomic E-state index is -1.42. The van der Waals surface area contributed by atoms with E-state index in [1.807, 2.05) is 30.3 Å². The van der Waals surface area contributed by atoms with Crippen LogP contribution in [-0.4, -0.2) is 18.4 Å². The van der Waals surface area contributed by atoms with Crippen molar-refractivity contribution in [2.24, 2.45) is 0 Å². The van der Waals surface area contributed by atoms with Crippen molar-refractivity contribution in [3.05, 3.63) is 95.7 Å². The molecule has 1 heterocycles. The van der Waals surface area contributed by atoms with Gasteiger partial charge in [0.05, 0.1) is 6.26 Å². The summed E-state index contributed by atoms with van der Waals surface area (Å²) in [6.45, 7) is 0.325. The SMILES string of the molecule is O=C(OC(C(=O)NCCc1ccccc1)c1ccccc1F)c1ccco1. The molecule has 0 radical (unpaired) electrons. The summed E-state index contributed by atoms with van der Waals surface area (Å²) in [5.74, 6) is -2.14. The Morgan fingerprint density at radius 1 is 1.00 bits per heavy atom. The topological polar surface area (TPSA) is 68.5 Å². The molecule has 0 saturated carbocycles. The minimum Gasteiger partial charge on any atom is -0.457 e. The Balaban J connectivity index is 1.71. The van der Waals surface area contributed by atoms with E-state index >= 15 is 0 Å². The number of hydrogen-bond acceptors (Lipinski definition) is 4. The van der Waals surface area contributed by atoms with Crippen molar-refractivity contribution in [2.75, 3.05) is 6.54 Å². The van der Waals surface area contributed by atoms with Crippen LogP contribution < -0.4 is 5.32 Å². The first kappa shape index (κ1) is 18.4. The Labute approximate surface area is 155 Å². The van der Waals surface area contributed by atoms with Crippen molar-refractivity contribution in [1.82, 2.24) is 5.32 Å². The summed E-state index contributed by atoms with van der Waals surface area (Å²) in [6, 6.07) is 18.2. The molecule has 1 atom stereocenters. The molecule has 1 N–H and O–H groups in total. The monoisotopic (exact) mass is 367 g/mol. The van der Waals surface area contributed by atoms with Crippen LogP contribution in [0.2, 0.25) is 0 Å². The van der Waals surface area contributed by atoms with E-state index in [1.54, 1.807) is 6.07 Å². The van der Waals surface area contributed by atoms with Gasteiger partial charge >= 0.3 is 5.97 Å². The van der Waals surface area contributed by atoms with E-state index in [0.29, 0.717) is 13.0 Å². The second-order valence-electron chi connectivity index (χ2n) is 5.81. The van der Waals surface area contributed by atoms with Gasteiger partial charge in [0.25, 0.3) is 5.91 Å². The summed E-state index contributed by atoms with van der Waals surface area (Å²) < 4.78 is 24.4. The van der Waals surface area contributed by atoms with Crippen LogP contribution in [0.4, 0.5) is 4.39 Å². The Kier molecular flexibility index (Phi) is 5.99. The molecule has 0 aliphatic rings. The van der Waals surface area contributed by atoms with Gasteiger partial charge in [0.2, 0.25) is 11.9 Å². The highest BCUT2D eigenvalue weighted by Gasteiger charge is 2.28. The summed E-state index contributed by atoms with van der Waals surface area (Å²) in [5, 5.41) is 2.69. The highest BCUT2D eigenvalue weighted by molar-refractivity contribution is 5.90. The summed E-state index contributed by atoms with van der Waals surface area (Å²) in [6.07, 6.45) is 0.497. The van der Waals surface area contributed by atoms with Gasteiger partial charge in [-0.3, -0.25) is 4.79 Å². The van der Waals surface area contributed by atoms with Gasteiger partial charge in [0.1, 0.15) is 5.82 Å². The molecular weight excluding hydrogens is 349 g/mol. The van der Waals surface area contributed by atoms with Gasteiger partial charge in [-0.15, -0.1) is 0 Å². The van der Waals surface area contributed by atoms with Crippen molar-refractivity contribution in [3.8, 4) is 0 Å². The molecule has 1 amide bonds. The van der Waals surface area contributed by atoms with E-state index in [0.717, 1.165) is 5.56 Å². The molecule has 0 spiro atoms. The minimum absolute atomic E-state index is 0.0189. The van der Waals surface area contributed by atoms with E-state index in [9.17, 15) is 14.0 Å². The number of carbonyl (C=O) groups is 2. The zero-order valence-electron chi connectivity index (χ0n) is 14.4. The number of halogens is 1. The van der Waals surface area contributed by atoms with Gasteiger partial charge in [0.15, 0.2) is 0 Å². The fourth-order valence-corrected chi connectivity index (χ4v) is 2.57. The molecule has 0 saturated heterocycles. The number of carbonyl (C=O) groups excluding carboxylic acids is 2. The molecule has 0 aliphatic carbocycles. The predicted octanol–water partition coefficient (Wildman–Crippen LogP) is 3.68. The fraction of sp³-hybridized carbons (Fsp3) is 0.143. The molecule has 138 valence electrons. The summed E-state index contributed by atoms with van der Waals surface area (Å²) in [5.41, 5.74) is 1.03. The van der Waals surface area contributed by atoms with E-state index in [4.69, 9.17) is 9.15 Å². The van der Waals surface area contributed by atoms with Gasteiger partial charge in [-0.25, -0.2) is 9.18 Å². The average Bonchev–Trinajstić information content (AvgIpc) is 3.22. The second kappa shape index (κ2) is 8.80. The molecule has 27 heavy (non-hydrogen) atoms. The number of benzene rings is 2. The Bertz CT molecular complexity index is 894. The number of rotatable bonds is 7. The highest BCUT2D eigenvalue weighted by atomic mass is 19.1. The predicted molar refractivity (Wildman–Crippen MR) is 96.4 cm³/mol. The van der Waals surface area contributed by atoms with Gasteiger partial charge in [-0.2, -0.15) is 0 Å². The first-order chi connectivity index (χ1) is 13.1. The third-order valence-electron chi connectivity index (χ3n) is 3.93. The smallest absolute Gasteiger partial charge is 0.375 e. The number of esters is 1. The third-order valence-corrected chi connectivity index (χ3v) is 3.93. The van der Waals surface area contributed by atoms with Crippen molar-refractivity contribution >= 4 is 11.9 Å². The number of hydrogen-bond donors (Lipinski definition) is 1. The molecule has 0 fully saturated rings. The first-order valence-electron chi connectivity index (χ1n) is 8.45. The standard InChI is InChI=1S/C21H18FNO4/c22-17-10-5-4-9-16(17)19(27-21(25)18-11-6-14-26-18)20(24)23-13-12-15-7-2-1-3-8-15/h1-11,14,19H,12-13H2,(H,23,24). The highest BCUT2D eigenvalue weighted by Crippen LogP contribution is 2.22. The molecule has 3 aromatic rings. The molecule has 3 rings (SSSR count). The molecule has 0 bridgehead atoms. The zero-order valence-corrected chi connectivity index (χ0v) is 14.4. The lowest BCUT2D eigenvalue weighted by Gasteiger charge is -2.18. The van der Waals surface area contributed by atoms with Gasteiger partial charge in [0, 0.05) is 12.1 Å². The van der Waals surface area contributed by atoms with Crippen molar-refractivity contribution in [1.29, 1.82) is 0 Å². The summed E-state index contributed by atoms with van der Waals surface area (Å²) in [7, 11) is 0. The molecule has 6 heteroatoms. The van der Waals surface area contributed by atoms with E-state index in [2.05, 4.69) is 5.32 Å². The summed E-state index contributed by atoms with van der Waals surface area (Å²) in [4.78, 5) is 24.8. The maximum absolute atomic E-state index is 14.2. The molecule has 2 aromatic carbocycles. The van der Waals surface area contributed by atoms with Crippen LogP contribution in [0.1, 0.15) is 27.8 Å². The van der Waals surface area contributed by atoms with Crippen LogP contribution in [0.25, 0.3) is 0 Å². The van der Waals surface area contributed by atoms with Crippen LogP contribution in [-0.2, 0) is 16.0 Å². The molecular formula is C21H18FNO4. The van der Waals surface area contributed by atoms with Crippen LogP contribution in [0.3, 0.4) is 0 Å². The zero-order chi connectivity index (χ0) is 19.1. The molecule has 1 unspecified atom stereocenters. The fourth-order valence-electron chi connectivity index (χ4n) is 2.57. The lowest BCUT2D eigenvalue weighted by atomic mass is 10.1. The van der Waals surface area contributed by atoms with Gasteiger partial charge in [-0.1, -0.05) is 48.5 Å². The Morgan fingerprint density at radius 3 is 2.44 bits per heavy atom. The third kappa shape index (κ3) is 4.82. The lowest BCUT2D eigenvalue weighted by Crippen LogP contribution is -2.34. The molecule has 5 nitrogen and oxygen atoms in total. The number of furan rings is 1. The number of nitrogens with one attached hydrogen (secondary N) is 1. The van der Waals surface area contributed by atoms with Crippen LogP contribution >= 0.6 is 0 Å². The Morgan fingerprint density at radius 2 is 1.74 bits per heavy atom.